The fourth-order valence-electron chi connectivity index (χ4n) is 7.03. The smallest absolute Gasteiger partial charge is 0.135 e. The summed E-state index contributed by atoms with van der Waals surface area (Å²) in [7, 11) is 0. The Kier molecular flexibility index (Phi) is 7.75. The summed E-state index contributed by atoms with van der Waals surface area (Å²) >= 11 is 0. The van der Waals surface area contributed by atoms with Crippen LogP contribution in [0.3, 0.4) is 0 Å². The first-order valence-corrected chi connectivity index (χ1v) is 17.4. The van der Waals surface area contributed by atoms with Crippen LogP contribution in [0.4, 0.5) is 0 Å². The van der Waals surface area contributed by atoms with Gasteiger partial charge in [-0.2, -0.15) is 0 Å². The van der Waals surface area contributed by atoms with E-state index in [4.69, 9.17) is 19.9 Å². The predicted molar refractivity (Wildman–Crippen MR) is 208 cm³/mol. The summed E-state index contributed by atoms with van der Waals surface area (Å²) in [5.41, 5.74) is 10.6. The number of fused-ring (bicyclic) bond motifs is 4. The third-order valence-corrected chi connectivity index (χ3v) is 9.59. The molecule has 0 spiro atoms. The highest BCUT2D eigenvalue weighted by Crippen LogP contribution is 2.39. The minimum absolute atomic E-state index is 0.234. The van der Waals surface area contributed by atoms with Crippen molar-refractivity contribution >= 4 is 32.7 Å². The molecule has 0 saturated carbocycles. The van der Waals surface area contributed by atoms with Gasteiger partial charge >= 0.3 is 0 Å². The van der Waals surface area contributed by atoms with E-state index in [9.17, 15) is 0 Å². The Morgan fingerprint density at radius 1 is 0.460 bits per heavy atom. The van der Waals surface area contributed by atoms with Crippen LogP contribution in [0.5, 0.6) is 0 Å². The highest BCUT2D eigenvalue weighted by Gasteiger charge is 2.30. The van der Waals surface area contributed by atoms with E-state index in [-0.39, 0.29) is 5.41 Å². The molecule has 0 aliphatic heterocycles. The molecule has 4 heteroatoms. The summed E-state index contributed by atoms with van der Waals surface area (Å²) in [5.74, 6) is 0.811. The number of hydrogen-bond acceptors (Lipinski definition) is 4. The minimum atomic E-state index is -0.416. The van der Waals surface area contributed by atoms with Gasteiger partial charge in [0.25, 0.3) is 0 Å². The Morgan fingerprint density at radius 2 is 1.08 bits per heavy atom. The third kappa shape index (κ3) is 5.81. The molecule has 0 aliphatic rings. The first-order chi connectivity index (χ1) is 24.2. The van der Waals surface area contributed by atoms with E-state index in [1.54, 1.807) is 0 Å². The van der Waals surface area contributed by atoms with Crippen LogP contribution in [0.1, 0.15) is 51.7 Å². The van der Waals surface area contributed by atoms with Crippen LogP contribution in [0.2, 0.25) is 0 Å². The molecule has 4 nitrogen and oxygen atoms in total. The molecule has 0 aliphatic carbocycles. The molecule has 6 aromatic carbocycles. The van der Waals surface area contributed by atoms with E-state index in [1.165, 1.54) is 5.56 Å². The van der Waals surface area contributed by atoms with Gasteiger partial charge < -0.3 is 0 Å². The van der Waals surface area contributed by atoms with Crippen molar-refractivity contribution in [3.05, 3.63) is 157 Å². The second kappa shape index (κ2) is 12.3. The molecule has 50 heavy (non-hydrogen) atoms. The molecule has 0 atom stereocenters. The molecule has 0 fully saturated rings. The molecule has 0 saturated heterocycles. The monoisotopic (exact) mass is 648 g/mol. The second-order valence-corrected chi connectivity index (χ2v) is 14.9. The largest absolute Gasteiger partial charge is 0.248 e. The van der Waals surface area contributed by atoms with Gasteiger partial charge in [0.15, 0.2) is 0 Å². The number of para-hydroxylation sites is 1. The molecule has 0 unspecified atom stereocenters. The van der Waals surface area contributed by atoms with Crippen LogP contribution < -0.4 is 0 Å². The van der Waals surface area contributed by atoms with Crippen LogP contribution in [0.15, 0.2) is 140 Å². The van der Waals surface area contributed by atoms with Crippen molar-refractivity contribution < 1.29 is 0 Å². The van der Waals surface area contributed by atoms with Gasteiger partial charge in [-0.3, -0.25) is 0 Å². The van der Waals surface area contributed by atoms with Gasteiger partial charge in [0, 0.05) is 32.7 Å². The number of aromatic nitrogens is 4. The van der Waals surface area contributed by atoms with Crippen molar-refractivity contribution in [3.8, 4) is 33.6 Å². The standard InChI is InChI=1S/C46H40N4/c1-45(2,3)43-41(34-23-16-22-32(27-34)30-17-8-6-9-18-30)48-40-35(28-33-21-12-13-24-36(33)42(40)49-43)29-46(4,5)44-47-38-26-15-14-25-37(38)39(50-44)31-19-10-7-11-20-31/h6-28H,29H2,1-5H3. The molecule has 2 aromatic heterocycles. The van der Waals surface area contributed by atoms with Gasteiger partial charge in [0.1, 0.15) is 5.82 Å². The third-order valence-electron chi connectivity index (χ3n) is 9.59. The zero-order valence-electron chi connectivity index (χ0n) is 29.3. The molecule has 8 aromatic rings. The van der Waals surface area contributed by atoms with Crippen LogP contribution >= 0.6 is 0 Å². The van der Waals surface area contributed by atoms with Crippen molar-refractivity contribution in [2.45, 2.75) is 51.9 Å². The lowest BCUT2D eigenvalue weighted by atomic mass is 9.82. The quantitative estimate of drug-likeness (QED) is 0.168. The van der Waals surface area contributed by atoms with Crippen molar-refractivity contribution in [3.63, 3.8) is 0 Å². The topological polar surface area (TPSA) is 51.6 Å². The lowest BCUT2D eigenvalue weighted by Crippen LogP contribution is -2.25. The second-order valence-electron chi connectivity index (χ2n) is 14.9. The number of rotatable bonds is 6. The summed E-state index contributed by atoms with van der Waals surface area (Å²) in [5, 5.41) is 3.32. The summed E-state index contributed by atoms with van der Waals surface area (Å²) in [6.07, 6.45) is 0.688. The maximum atomic E-state index is 5.59. The summed E-state index contributed by atoms with van der Waals surface area (Å²) in [4.78, 5) is 21.6. The molecule has 2 heterocycles. The molecule has 0 bridgehead atoms. The van der Waals surface area contributed by atoms with Crippen LogP contribution in [0.25, 0.3) is 66.4 Å². The zero-order chi connectivity index (χ0) is 34.5. The maximum Gasteiger partial charge on any atom is 0.135 e. The summed E-state index contributed by atoms with van der Waals surface area (Å²) in [6.45, 7) is 11.2. The Morgan fingerprint density at radius 3 is 1.82 bits per heavy atom. The highest BCUT2D eigenvalue weighted by atomic mass is 14.9. The highest BCUT2D eigenvalue weighted by molar-refractivity contribution is 6.06. The molecule has 0 radical (unpaired) electrons. The Balaban J connectivity index is 1.33. The van der Waals surface area contributed by atoms with E-state index in [2.05, 4.69) is 168 Å². The molecule has 0 amide bonds. The van der Waals surface area contributed by atoms with Crippen molar-refractivity contribution in [1.29, 1.82) is 0 Å². The van der Waals surface area contributed by atoms with Gasteiger partial charge in [-0.1, -0.05) is 156 Å². The SMILES string of the molecule is CC(C)(C)c1nc2c(nc1-c1cccc(-c3ccccc3)c1)c(CC(C)(C)c1nc(-c3ccccc3)c3ccccc3n1)cc1ccccc12. The number of nitrogens with zero attached hydrogens (tertiary/aromatic N) is 4. The minimum Gasteiger partial charge on any atom is -0.248 e. The van der Waals surface area contributed by atoms with E-state index in [0.717, 1.165) is 77.9 Å². The average molecular weight is 649 g/mol. The molecular weight excluding hydrogens is 609 g/mol. The fourth-order valence-corrected chi connectivity index (χ4v) is 7.03. The lowest BCUT2D eigenvalue weighted by molar-refractivity contribution is 0.491. The van der Waals surface area contributed by atoms with Crippen molar-refractivity contribution in [1.82, 2.24) is 19.9 Å². The Hall–Kier alpha value is -5.74. The predicted octanol–water partition coefficient (Wildman–Crippen LogP) is 11.5. The fraction of sp³-hybridized carbons (Fsp3) is 0.174. The maximum absolute atomic E-state index is 5.59. The molecule has 0 N–H and O–H groups in total. The van der Waals surface area contributed by atoms with E-state index in [0.29, 0.717) is 6.42 Å². The van der Waals surface area contributed by atoms with Crippen LogP contribution in [0, 0.1) is 0 Å². The summed E-state index contributed by atoms with van der Waals surface area (Å²) in [6, 6.07) is 48.8. The van der Waals surface area contributed by atoms with Crippen LogP contribution in [-0.2, 0) is 17.3 Å². The molecule has 8 rings (SSSR count). The zero-order valence-corrected chi connectivity index (χ0v) is 29.3. The number of hydrogen-bond donors (Lipinski definition) is 0. The van der Waals surface area contributed by atoms with Gasteiger partial charge in [-0.05, 0) is 46.7 Å². The van der Waals surface area contributed by atoms with Gasteiger partial charge in [-0.15, -0.1) is 0 Å². The van der Waals surface area contributed by atoms with E-state index < -0.39 is 5.41 Å². The number of benzene rings is 6. The first-order valence-electron chi connectivity index (χ1n) is 17.4. The van der Waals surface area contributed by atoms with E-state index in [1.807, 2.05) is 6.07 Å². The Labute approximate surface area is 294 Å². The van der Waals surface area contributed by atoms with Crippen molar-refractivity contribution in [2.75, 3.05) is 0 Å². The van der Waals surface area contributed by atoms with E-state index >= 15 is 0 Å². The van der Waals surface area contributed by atoms with Gasteiger partial charge in [-0.25, -0.2) is 19.9 Å². The molecule has 244 valence electrons. The average Bonchev–Trinajstić information content (AvgIpc) is 3.14. The van der Waals surface area contributed by atoms with Gasteiger partial charge in [0.2, 0.25) is 0 Å². The summed E-state index contributed by atoms with van der Waals surface area (Å²) < 4.78 is 0. The molecular formula is C46H40N4. The first kappa shape index (κ1) is 31.5. The van der Waals surface area contributed by atoms with Crippen LogP contribution in [-0.4, -0.2) is 19.9 Å². The van der Waals surface area contributed by atoms with Crippen molar-refractivity contribution in [2.24, 2.45) is 0 Å². The van der Waals surface area contributed by atoms with Gasteiger partial charge in [0.05, 0.1) is 33.6 Å². The lowest BCUT2D eigenvalue weighted by Gasteiger charge is -2.26. The normalized spacial score (nSPS) is 12.2. The Bertz CT molecular complexity index is 2510.